The van der Waals surface area contributed by atoms with E-state index < -0.39 is 5.82 Å². The summed E-state index contributed by atoms with van der Waals surface area (Å²) >= 11 is 0. The number of halogens is 1. The van der Waals surface area contributed by atoms with Crippen LogP contribution in [0.2, 0.25) is 0 Å². The van der Waals surface area contributed by atoms with Crippen LogP contribution >= 0.6 is 0 Å². The minimum absolute atomic E-state index is 0.102. The molecule has 0 bridgehead atoms. The Bertz CT molecular complexity index is 754. The van der Waals surface area contributed by atoms with Crippen LogP contribution in [0.4, 0.5) is 4.39 Å². The average Bonchev–Trinajstić information content (AvgIpc) is 2.80. The highest BCUT2D eigenvalue weighted by molar-refractivity contribution is 5.72. The van der Waals surface area contributed by atoms with Gasteiger partial charge in [-0.25, -0.2) is 14.4 Å². The van der Waals surface area contributed by atoms with Crippen molar-refractivity contribution in [1.82, 2.24) is 9.97 Å². The quantitative estimate of drug-likeness (QED) is 0.660. The van der Waals surface area contributed by atoms with Gasteiger partial charge in [0.25, 0.3) is 0 Å². The van der Waals surface area contributed by atoms with Crippen LogP contribution in [-0.2, 0) is 5.41 Å². The van der Waals surface area contributed by atoms with Crippen molar-refractivity contribution in [3.8, 4) is 11.5 Å². The van der Waals surface area contributed by atoms with E-state index in [0.29, 0.717) is 17.1 Å². The number of benzene rings is 1. The van der Waals surface area contributed by atoms with Crippen molar-refractivity contribution in [2.75, 3.05) is 0 Å². The molecule has 0 spiro atoms. The number of hydrogen-bond acceptors (Lipinski definition) is 3. The van der Waals surface area contributed by atoms with Crippen molar-refractivity contribution in [2.45, 2.75) is 26.2 Å². The Morgan fingerprint density at radius 1 is 1.10 bits per heavy atom. The van der Waals surface area contributed by atoms with E-state index in [-0.39, 0.29) is 5.41 Å². The van der Waals surface area contributed by atoms with Gasteiger partial charge in [-0.2, -0.15) is 0 Å². The molecular formula is C16H15FN2O. The van der Waals surface area contributed by atoms with E-state index in [9.17, 15) is 4.39 Å². The molecule has 0 atom stereocenters. The van der Waals surface area contributed by atoms with Crippen molar-refractivity contribution in [1.29, 1.82) is 0 Å². The number of hydrogen-bond donors (Lipinski definition) is 0. The van der Waals surface area contributed by atoms with E-state index in [4.69, 9.17) is 4.42 Å². The molecule has 0 aliphatic rings. The molecule has 4 heteroatoms. The lowest BCUT2D eigenvalue weighted by Gasteiger charge is -2.18. The van der Waals surface area contributed by atoms with Gasteiger partial charge in [-0.1, -0.05) is 32.9 Å². The van der Waals surface area contributed by atoms with Crippen molar-refractivity contribution in [3.63, 3.8) is 0 Å². The molecule has 0 amide bonds. The first-order chi connectivity index (χ1) is 9.43. The maximum absolute atomic E-state index is 13.1. The van der Waals surface area contributed by atoms with Gasteiger partial charge in [0.2, 0.25) is 11.6 Å². The van der Waals surface area contributed by atoms with E-state index >= 15 is 0 Å². The molecule has 2 aromatic heterocycles. The van der Waals surface area contributed by atoms with Crippen LogP contribution in [0, 0.1) is 5.82 Å². The number of rotatable bonds is 1. The first kappa shape index (κ1) is 12.8. The van der Waals surface area contributed by atoms with E-state index in [2.05, 4.69) is 42.9 Å². The summed E-state index contributed by atoms with van der Waals surface area (Å²) in [4.78, 5) is 8.15. The molecule has 3 rings (SSSR count). The largest absolute Gasteiger partial charge is 0.418 e. The van der Waals surface area contributed by atoms with Gasteiger partial charge < -0.3 is 4.42 Å². The Hall–Kier alpha value is -2.23. The monoisotopic (exact) mass is 270 g/mol. The first-order valence-corrected chi connectivity index (χ1v) is 6.46. The van der Waals surface area contributed by atoms with Gasteiger partial charge in [-0.3, -0.25) is 0 Å². The molecule has 0 aliphatic heterocycles. The minimum Gasteiger partial charge on any atom is -0.418 e. The van der Waals surface area contributed by atoms with Crippen LogP contribution in [0.25, 0.3) is 22.7 Å². The van der Waals surface area contributed by atoms with Crippen LogP contribution in [0.15, 0.2) is 40.9 Å². The third-order valence-electron chi connectivity index (χ3n) is 3.21. The molecule has 0 unspecified atom stereocenters. The Morgan fingerprint density at radius 2 is 1.80 bits per heavy atom. The van der Waals surface area contributed by atoms with Crippen LogP contribution in [-0.4, -0.2) is 9.97 Å². The molecule has 1 aromatic carbocycles. The van der Waals surface area contributed by atoms with Gasteiger partial charge in [0.05, 0.1) is 6.20 Å². The number of nitrogens with zero attached hydrogens (tertiary/aromatic N) is 2. The summed E-state index contributed by atoms with van der Waals surface area (Å²) in [5.41, 5.74) is 2.98. The Labute approximate surface area is 116 Å². The lowest BCUT2D eigenvalue weighted by molar-refractivity contribution is 0.588. The van der Waals surface area contributed by atoms with Crippen molar-refractivity contribution < 1.29 is 8.81 Å². The van der Waals surface area contributed by atoms with Crippen LogP contribution in [0.5, 0.6) is 0 Å². The topological polar surface area (TPSA) is 38.9 Å². The number of aromatic nitrogens is 2. The zero-order valence-corrected chi connectivity index (χ0v) is 11.6. The summed E-state index contributed by atoms with van der Waals surface area (Å²) in [5.74, 6) is 0.0407. The standard InChI is InChI=1S/C16H15FN2O/c1-16(2,3)11-6-4-10(5-7-11)14-19-13-8-12(17)9-18-15(13)20-14/h4-9H,1-3H3. The highest BCUT2D eigenvalue weighted by Gasteiger charge is 2.15. The van der Waals surface area contributed by atoms with Crippen LogP contribution in [0.3, 0.4) is 0 Å². The number of oxazole rings is 1. The summed E-state index contributed by atoms with van der Waals surface area (Å²) in [7, 11) is 0. The fraction of sp³-hybridized carbons (Fsp3) is 0.250. The van der Waals surface area contributed by atoms with Crippen LogP contribution < -0.4 is 0 Å². The van der Waals surface area contributed by atoms with Gasteiger partial charge in [-0.15, -0.1) is 0 Å². The predicted molar refractivity (Wildman–Crippen MR) is 75.9 cm³/mol. The predicted octanol–water partition coefficient (Wildman–Crippen LogP) is 4.33. The summed E-state index contributed by atoms with van der Waals surface area (Å²) in [5, 5.41) is 0. The Kier molecular flexibility index (Phi) is 2.82. The molecular weight excluding hydrogens is 255 g/mol. The molecule has 0 aliphatic carbocycles. The Balaban J connectivity index is 2.02. The summed E-state index contributed by atoms with van der Waals surface area (Å²) in [6.07, 6.45) is 1.12. The molecule has 0 N–H and O–H groups in total. The fourth-order valence-corrected chi connectivity index (χ4v) is 2.03. The van der Waals surface area contributed by atoms with Crippen molar-refractivity contribution in [3.05, 3.63) is 47.9 Å². The third-order valence-corrected chi connectivity index (χ3v) is 3.21. The van der Waals surface area contributed by atoms with Gasteiger partial charge in [0, 0.05) is 11.6 Å². The number of fused-ring (bicyclic) bond motifs is 1. The molecule has 102 valence electrons. The van der Waals surface area contributed by atoms with Crippen molar-refractivity contribution in [2.24, 2.45) is 0 Å². The van der Waals surface area contributed by atoms with Gasteiger partial charge in [0.1, 0.15) is 11.3 Å². The molecule has 2 heterocycles. The normalized spacial score (nSPS) is 12.0. The van der Waals surface area contributed by atoms with Crippen molar-refractivity contribution >= 4 is 11.2 Å². The molecule has 20 heavy (non-hydrogen) atoms. The first-order valence-electron chi connectivity index (χ1n) is 6.46. The van der Waals surface area contributed by atoms with E-state index in [1.807, 2.05) is 12.1 Å². The second-order valence-electron chi connectivity index (χ2n) is 5.82. The highest BCUT2D eigenvalue weighted by Crippen LogP contribution is 2.27. The molecule has 3 aromatic rings. The minimum atomic E-state index is -0.416. The molecule has 0 saturated carbocycles. The highest BCUT2D eigenvalue weighted by atomic mass is 19.1. The van der Waals surface area contributed by atoms with E-state index in [1.165, 1.54) is 11.6 Å². The maximum atomic E-state index is 13.1. The second-order valence-corrected chi connectivity index (χ2v) is 5.82. The zero-order valence-electron chi connectivity index (χ0n) is 11.6. The number of pyridine rings is 1. The molecule has 0 saturated heterocycles. The average molecular weight is 270 g/mol. The van der Waals surface area contributed by atoms with Gasteiger partial charge in [0.15, 0.2) is 0 Å². The lowest BCUT2D eigenvalue weighted by atomic mass is 9.87. The molecule has 0 fully saturated rings. The second kappa shape index (κ2) is 4.40. The SMILES string of the molecule is CC(C)(C)c1ccc(-c2nc3cc(F)cnc3o2)cc1. The van der Waals surface area contributed by atoms with E-state index in [0.717, 1.165) is 11.8 Å². The lowest BCUT2D eigenvalue weighted by Crippen LogP contribution is -2.10. The smallest absolute Gasteiger partial charge is 0.247 e. The molecule has 3 nitrogen and oxygen atoms in total. The van der Waals surface area contributed by atoms with Gasteiger partial charge in [-0.05, 0) is 23.1 Å². The third kappa shape index (κ3) is 2.29. The Morgan fingerprint density at radius 3 is 2.45 bits per heavy atom. The van der Waals surface area contributed by atoms with Gasteiger partial charge >= 0.3 is 0 Å². The summed E-state index contributed by atoms with van der Waals surface area (Å²) in [6.45, 7) is 6.48. The zero-order chi connectivity index (χ0) is 14.3. The van der Waals surface area contributed by atoms with Crippen LogP contribution in [0.1, 0.15) is 26.3 Å². The molecule has 0 radical (unpaired) electrons. The maximum Gasteiger partial charge on any atom is 0.247 e. The fourth-order valence-electron chi connectivity index (χ4n) is 2.03. The van der Waals surface area contributed by atoms with E-state index in [1.54, 1.807) is 0 Å². The summed E-state index contributed by atoms with van der Waals surface area (Å²) in [6, 6.07) is 9.35. The summed E-state index contributed by atoms with van der Waals surface area (Å²) < 4.78 is 18.6.